The minimum atomic E-state index is -4.50. The number of carbonyl (C=O) groups is 2. The minimum Gasteiger partial charge on any atom is -0.481 e. The number of hydrogen-bond acceptors (Lipinski definition) is 4. The molecule has 0 amide bonds. The number of carbonyl (C=O) groups excluding carboxylic acids is 1. The van der Waals surface area contributed by atoms with Gasteiger partial charge in [-0.05, 0) is 40.5 Å². The molecule has 0 unspecified atom stereocenters. The molecule has 0 aromatic heterocycles. The van der Waals surface area contributed by atoms with Crippen LogP contribution >= 0.6 is 0 Å². The lowest BCUT2D eigenvalue weighted by Crippen LogP contribution is -2.21. The van der Waals surface area contributed by atoms with E-state index < -0.39 is 35.9 Å². The Morgan fingerprint density at radius 1 is 0.914 bits per heavy atom. The second kappa shape index (κ2) is 11.6. The van der Waals surface area contributed by atoms with Gasteiger partial charge in [-0.15, -0.1) is 0 Å². The van der Waals surface area contributed by atoms with Gasteiger partial charge in [-0.2, -0.15) is 13.2 Å². The van der Waals surface area contributed by atoms with Gasteiger partial charge in [0.05, 0.1) is 18.4 Å². The van der Waals surface area contributed by atoms with Gasteiger partial charge in [-0.3, -0.25) is 9.59 Å². The number of benzene rings is 3. The van der Waals surface area contributed by atoms with Crippen LogP contribution in [0.2, 0.25) is 0 Å². The van der Waals surface area contributed by atoms with Crippen LogP contribution in [0.4, 0.5) is 17.6 Å². The molecule has 3 aromatic rings. The van der Waals surface area contributed by atoms with Gasteiger partial charge in [0.15, 0.2) is 0 Å². The standard InChI is InChI=1S/C26H23F4NO4/c27-23-11-10-20(18-6-8-19(9-7-18)26(28,29)30)22(21(23)14-24(32)33)15-31-13-12-25(34)35-16-17-4-2-1-3-5-17/h1-11,31H,12-16H2,(H,32,33). The summed E-state index contributed by atoms with van der Waals surface area (Å²) in [4.78, 5) is 23.3. The van der Waals surface area contributed by atoms with E-state index in [1.54, 1.807) is 0 Å². The Hall–Kier alpha value is -3.72. The van der Waals surface area contributed by atoms with Crippen molar-refractivity contribution in [3.63, 3.8) is 0 Å². The fourth-order valence-corrected chi connectivity index (χ4v) is 3.53. The maximum absolute atomic E-state index is 14.5. The van der Waals surface area contributed by atoms with Gasteiger partial charge in [-0.1, -0.05) is 48.5 Å². The van der Waals surface area contributed by atoms with Crippen molar-refractivity contribution in [3.8, 4) is 11.1 Å². The van der Waals surface area contributed by atoms with E-state index >= 15 is 0 Å². The molecule has 0 spiro atoms. The molecular weight excluding hydrogens is 466 g/mol. The number of halogens is 4. The highest BCUT2D eigenvalue weighted by molar-refractivity contribution is 5.75. The quantitative estimate of drug-likeness (QED) is 0.228. The molecule has 0 atom stereocenters. The molecule has 3 aromatic carbocycles. The number of nitrogens with one attached hydrogen (secondary N) is 1. The number of carboxylic acids is 1. The van der Waals surface area contributed by atoms with E-state index in [4.69, 9.17) is 4.74 Å². The third-order valence-corrected chi connectivity index (χ3v) is 5.28. The summed E-state index contributed by atoms with van der Waals surface area (Å²) in [7, 11) is 0. The van der Waals surface area contributed by atoms with Crippen molar-refractivity contribution in [1.29, 1.82) is 0 Å². The second-order valence-electron chi connectivity index (χ2n) is 7.77. The predicted octanol–water partition coefficient (Wildman–Crippen LogP) is 5.36. The molecule has 184 valence electrons. The zero-order valence-electron chi connectivity index (χ0n) is 18.6. The van der Waals surface area contributed by atoms with E-state index in [9.17, 15) is 32.3 Å². The predicted molar refractivity (Wildman–Crippen MR) is 121 cm³/mol. The van der Waals surface area contributed by atoms with Crippen LogP contribution in [-0.2, 0) is 40.1 Å². The van der Waals surface area contributed by atoms with Gasteiger partial charge >= 0.3 is 18.1 Å². The summed E-state index contributed by atoms with van der Waals surface area (Å²) in [6.07, 6.45) is -5.09. The van der Waals surface area contributed by atoms with E-state index in [1.165, 1.54) is 18.2 Å². The Labute approximate surface area is 199 Å². The van der Waals surface area contributed by atoms with Crippen molar-refractivity contribution >= 4 is 11.9 Å². The normalized spacial score (nSPS) is 11.3. The van der Waals surface area contributed by atoms with Crippen molar-refractivity contribution in [2.24, 2.45) is 0 Å². The number of esters is 1. The molecule has 3 rings (SSSR count). The molecule has 5 nitrogen and oxygen atoms in total. The fraction of sp³-hybridized carbons (Fsp3) is 0.231. The monoisotopic (exact) mass is 489 g/mol. The van der Waals surface area contributed by atoms with E-state index in [2.05, 4.69) is 5.32 Å². The number of hydrogen-bond donors (Lipinski definition) is 2. The number of rotatable bonds is 10. The number of aliphatic carboxylic acids is 1. The van der Waals surface area contributed by atoms with Crippen molar-refractivity contribution in [2.45, 2.75) is 32.2 Å². The largest absolute Gasteiger partial charge is 0.481 e. The van der Waals surface area contributed by atoms with E-state index in [1.807, 2.05) is 30.3 Å². The highest BCUT2D eigenvalue weighted by Crippen LogP contribution is 2.33. The van der Waals surface area contributed by atoms with Crippen molar-refractivity contribution in [1.82, 2.24) is 5.32 Å². The molecular formula is C26H23F4NO4. The molecule has 0 aliphatic carbocycles. The molecule has 0 radical (unpaired) electrons. The molecule has 9 heteroatoms. The SMILES string of the molecule is O=C(O)Cc1c(F)ccc(-c2ccc(C(F)(F)F)cc2)c1CNCCC(=O)OCc1ccccc1. The first-order valence-corrected chi connectivity index (χ1v) is 10.7. The van der Waals surface area contributed by atoms with Gasteiger partial charge in [0.2, 0.25) is 0 Å². The zero-order valence-corrected chi connectivity index (χ0v) is 18.6. The molecule has 35 heavy (non-hydrogen) atoms. The highest BCUT2D eigenvalue weighted by atomic mass is 19.4. The first-order chi connectivity index (χ1) is 16.6. The first kappa shape index (κ1) is 25.9. The van der Waals surface area contributed by atoms with Crippen LogP contribution in [-0.4, -0.2) is 23.6 Å². The summed E-state index contributed by atoms with van der Waals surface area (Å²) in [6.45, 7) is 0.302. The lowest BCUT2D eigenvalue weighted by Gasteiger charge is -2.17. The van der Waals surface area contributed by atoms with E-state index in [-0.39, 0.29) is 31.7 Å². The summed E-state index contributed by atoms with van der Waals surface area (Å²) >= 11 is 0. The second-order valence-corrected chi connectivity index (χ2v) is 7.77. The van der Waals surface area contributed by atoms with E-state index in [0.717, 1.165) is 23.8 Å². The lowest BCUT2D eigenvalue weighted by molar-refractivity contribution is -0.145. The fourth-order valence-electron chi connectivity index (χ4n) is 3.53. The maximum Gasteiger partial charge on any atom is 0.416 e. The van der Waals surface area contributed by atoms with Crippen LogP contribution in [0, 0.1) is 5.82 Å². The van der Waals surface area contributed by atoms with Gasteiger partial charge in [-0.25, -0.2) is 4.39 Å². The van der Waals surface area contributed by atoms with Crippen LogP contribution in [0.5, 0.6) is 0 Å². The number of ether oxygens (including phenoxy) is 1. The van der Waals surface area contributed by atoms with Gasteiger partial charge in [0, 0.05) is 18.7 Å². The molecule has 0 saturated heterocycles. The smallest absolute Gasteiger partial charge is 0.416 e. The number of alkyl halides is 3. The Balaban J connectivity index is 1.72. The topological polar surface area (TPSA) is 75.6 Å². The van der Waals surface area contributed by atoms with Crippen LogP contribution in [0.1, 0.15) is 28.7 Å². The summed E-state index contributed by atoms with van der Waals surface area (Å²) in [6, 6.07) is 16.0. The van der Waals surface area contributed by atoms with Crippen molar-refractivity contribution in [3.05, 3.63) is 94.8 Å². The first-order valence-electron chi connectivity index (χ1n) is 10.7. The Morgan fingerprint density at radius 2 is 1.60 bits per heavy atom. The van der Waals surface area contributed by atoms with Gasteiger partial charge in [0.25, 0.3) is 0 Å². The van der Waals surface area contributed by atoms with E-state index in [0.29, 0.717) is 16.7 Å². The van der Waals surface area contributed by atoms with Crippen LogP contribution in [0.3, 0.4) is 0 Å². The summed E-state index contributed by atoms with van der Waals surface area (Å²) in [5.74, 6) is -2.43. The van der Waals surface area contributed by atoms with Crippen LogP contribution < -0.4 is 5.32 Å². The Morgan fingerprint density at radius 3 is 2.23 bits per heavy atom. The van der Waals surface area contributed by atoms with Gasteiger partial charge in [0.1, 0.15) is 12.4 Å². The van der Waals surface area contributed by atoms with Crippen LogP contribution in [0.25, 0.3) is 11.1 Å². The molecule has 0 aliphatic rings. The maximum atomic E-state index is 14.5. The molecule has 2 N–H and O–H groups in total. The summed E-state index contributed by atoms with van der Waals surface area (Å²) < 4.78 is 58.5. The van der Waals surface area contributed by atoms with Crippen LogP contribution in [0.15, 0.2) is 66.7 Å². The average molecular weight is 489 g/mol. The lowest BCUT2D eigenvalue weighted by atomic mass is 9.92. The average Bonchev–Trinajstić information content (AvgIpc) is 2.82. The molecule has 0 fully saturated rings. The van der Waals surface area contributed by atoms with Crippen molar-refractivity contribution < 1.29 is 37.0 Å². The number of carboxylic acid groups (broad SMARTS) is 1. The van der Waals surface area contributed by atoms with Crippen molar-refractivity contribution in [2.75, 3.05) is 6.54 Å². The van der Waals surface area contributed by atoms with Gasteiger partial charge < -0.3 is 15.2 Å². The molecule has 0 saturated carbocycles. The summed E-state index contributed by atoms with van der Waals surface area (Å²) in [5, 5.41) is 12.2. The zero-order chi connectivity index (χ0) is 25.4. The highest BCUT2D eigenvalue weighted by Gasteiger charge is 2.30. The minimum absolute atomic E-state index is 0.00267. The Bertz CT molecular complexity index is 1160. The molecule has 0 aliphatic heterocycles. The summed E-state index contributed by atoms with van der Waals surface area (Å²) in [5.41, 5.74) is 1.01. The third kappa shape index (κ3) is 7.38. The molecule has 0 heterocycles. The third-order valence-electron chi connectivity index (χ3n) is 5.28. The molecule has 0 bridgehead atoms. The Kier molecular flexibility index (Phi) is 8.59.